The summed E-state index contributed by atoms with van der Waals surface area (Å²) in [5.74, 6) is 0.373. The molecule has 0 amide bonds. The minimum atomic E-state index is -1.65. The van der Waals surface area contributed by atoms with E-state index in [4.69, 9.17) is 5.11 Å². The molecule has 0 radical (unpaired) electrons. The minimum Gasteiger partial charge on any atom is -0.479 e. The van der Waals surface area contributed by atoms with Gasteiger partial charge in [-0.2, -0.15) is 0 Å². The SMILES string of the molecule is CCCC1CCC(CNCC(C)(O)C(=O)O)CC1. The van der Waals surface area contributed by atoms with Crippen LogP contribution in [-0.2, 0) is 4.79 Å². The topological polar surface area (TPSA) is 69.6 Å². The van der Waals surface area contributed by atoms with Crippen molar-refractivity contribution in [1.29, 1.82) is 0 Å². The van der Waals surface area contributed by atoms with Crippen molar-refractivity contribution in [3.63, 3.8) is 0 Å². The van der Waals surface area contributed by atoms with Gasteiger partial charge in [-0.05, 0) is 38.1 Å². The standard InChI is InChI=1S/C14H27NO3/c1-3-4-11-5-7-12(8-6-11)9-15-10-14(2,18)13(16)17/h11-12,15,18H,3-10H2,1-2H3,(H,16,17). The van der Waals surface area contributed by atoms with Gasteiger partial charge in [0.1, 0.15) is 0 Å². The molecule has 1 saturated carbocycles. The van der Waals surface area contributed by atoms with Gasteiger partial charge in [-0.15, -0.1) is 0 Å². The number of hydrogen-bond donors (Lipinski definition) is 3. The fourth-order valence-corrected chi connectivity index (χ4v) is 2.73. The van der Waals surface area contributed by atoms with E-state index in [1.165, 1.54) is 45.4 Å². The summed E-state index contributed by atoms with van der Waals surface area (Å²) in [6.07, 6.45) is 7.67. The average Bonchev–Trinajstić information content (AvgIpc) is 2.31. The van der Waals surface area contributed by atoms with Crippen molar-refractivity contribution < 1.29 is 15.0 Å². The fraction of sp³-hybridized carbons (Fsp3) is 0.929. The molecular formula is C14H27NO3. The number of rotatable bonds is 7. The summed E-state index contributed by atoms with van der Waals surface area (Å²) < 4.78 is 0. The maximum Gasteiger partial charge on any atom is 0.336 e. The van der Waals surface area contributed by atoms with Crippen LogP contribution in [0.4, 0.5) is 0 Å². The Balaban J connectivity index is 2.16. The zero-order chi connectivity index (χ0) is 13.6. The van der Waals surface area contributed by atoms with E-state index in [1.54, 1.807) is 0 Å². The Hall–Kier alpha value is -0.610. The molecule has 0 aromatic heterocycles. The van der Waals surface area contributed by atoms with Crippen LogP contribution in [0.25, 0.3) is 0 Å². The quantitative estimate of drug-likeness (QED) is 0.652. The van der Waals surface area contributed by atoms with Gasteiger partial charge < -0.3 is 15.5 Å². The predicted molar refractivity (Wildman–Crippen MR) is 71.5 cm³/mol. The first-order chi connectivity index (χ1) is 8.45. The van der Waals surface area contributed by atoms with Crippen LogP contribution in [0.15, 0.2) is 0 Å². The van der Waals surface area contributed by atoms with Gasteiger partial charge in [0.15, 0.2) is 5.60 Å². The fourth-order valence-electron chi connectivity index (χ4n) is 2.73. The van der Waals surface area contributed by atoms with Crippen molar-refractivity contribution in [2.45, 2.75) is 58.0 Å². The van der Waals surface area contributed by atoms with Gasteiger partial charge in [0.25, 0.3) is 0 Å². The maximum absolute atomic E-state index is 10.7. The number of hydrogen-bond acceptors (Lipinski definition) is 3. The second kappa shape index (κ2) is 7.10. The van der Waals surface area contributed by atoms with Gasteiger partial charge >= 0.3 is 5.97 Å². The molecule has 4 heteroatoms. The molecule has 4 nitrogen and oxygen atoms in total. The van der Waals surface area contributed by atoms with Gasteiger partial charge in [-0.1, -0.05) is 32.6 Å². The van der Waals surface area contributed by atoms with E-state index in [9.17, 15) is 9.90 Å². The van der Waals surface area contributed by atoms with E-state index in [0.29, 0.717) is 5.92 Å². The third kappa shape index (κ3) is 4.94. The first-order valence-corrected chi connectivity index (χ1v) is 7.12. The lowest BCUT2D eigenvalue weighted by molar-refractivity contribution is -0.156. The molecule has 1 unspecified atom stereocenters. The highest BCUT2D eigenvalue weighted by Gasteiger charge is 2.29. The molecule has 1 aliphatic carbocycles. The summed E-state index contributed by atoms with van der Waals surface area (Å²) in [6, 6.07) is 0. The van der Waals surface area contributed by atoms with Crippen molar-refractivity contribution in [2.75, 3.05) is 13.1 Å². The first kappa shape index (κ1) is 15.4. The summed E-state index contributed by atoms with van der Waals surface area (Å²) in [6.45, 7) is 4.52. The van der Waals surface area contributed by atoms with Crippen molar-refractivity contribution >= 4 is 5.97 Å². The lowest BCUT2D eigenvalue weighted by Gasteiger charge is -2.29. The van der Waals surface area contributed by atoms with Crippen molar-refractivity contribution in [1.82, 2.24) is 5.32 Å². The maximum atomic E-state index is 10.7. The molecule has 1 atom stereocenters. The van der Waals surface area contributed by atoms with Gasteiger partial charge in [-0.25, -0.2) is 4.79 Å². The van der Waals surface area contributed by atoms with Crippen LogP contribution < -0.4 is 5.32 Å². The number of aliphatic carboxylic acids is 1. The van der Waals surface area contributed by atoms with Gasteiger partial charge in [-0.3, -0.25) is 0 Å². The minimum absolute atomic E-state index is 0.122. The van der Waals surface area contributed by atoms with Crippen LogP contribution in [0.5, 0.6) is 0 Å². The van der Waals surface area contributed by atoms with E-state index in [1.807, 2.05) is 0 Å². The first-order valence-electron chi connectivity index (χ1n) is 7.12. The third-order valence-electron chi connectivity index (χ3n) is 4.03. The summed E-state index contributed by atoms with van der Waals surface area (Å²) in [5.41, 5.74) is -1.65. The summed E-state index contributed by atoms with van der Waals surface area (Å²) in [5, 5.41) is 21.4. The highest BCUT2D eigenvalue weighted by atomic mass is 16.4. The number of aliphatic hydroxyl groups is 1. The lowest BCUT2D eigenvalue weighted by atomic mass is 9.80. The van der Waals surface area contributed by atoms with Crippen LogP contribution in [0.2, 0.25) is 0 Å². The van der Waals surface area contributed by atoms with Crippen LogP contribution >= 0.6 is 0 Å². The molecule has 0 bridgehead atoms. The molecule has 1 aliphatic rings. The Morgan fingerprint density at radius 3 is 2.33 bits per heavy atom. The molecule has 0 heterocycles. The normalized spacial score (nSPS) is 27.7. The van der Waals surface area contributed by atoms with E-state index >= 15 is 0 Å². The molecule has 0 aliphatic heterocycles. The van der Waals surface area contributed by atoms with E-state index in [-0.39, 0.29) is 6.54 Å². The molecule has 106 valence electrons. The molecule has 0 aromatic rings. The van der Waals surface area contributed by atoms with Crippen LogP contribution in [0, 0.1) is 11.8 Å². The third-order valence-corrected chi connectivity index (χ3v) is 4.03. The summed E-state index contributed by atoms with van der Waals surface area (Å²) in [4.78, 5) is 10.7. The van der Waals surface area contributed by atoms with Gasteiger partial charge in [0.2, 0.25) is 0 Å². The van der Waals surface area contributed by atoms with Crippen molar-refractivity contribution in [3.8, 4) is 0 Å². The average molecular weight is 257 g/mol. The molecule has 0 aromatic carbocycles. The summed E-state index contributed by atoms with van der Waals surface area (Å²) >= 11 is 0. The Bertz CT molecular complexity index is 258. The molecule has 0 spiro atoms. The number of carbonyl (C=O) groups is 1. The Morgan fingerprint density at radius 1 is 1.28 bits per heavy atom. The van der Waals surface area contributed by atoms with Gasteiger partial charge in [0, 0.05) is 6.54 Å². The van der Waals surface area contributed by atoms with Gasteiger partial charge in [0.05, 0.1) is 0 Å². The molecular weight excluding hydrogens is 230 g/mol. The largest absolute Gasteiger partial charge is 0.479 e. The van der Waals surface area contributed by atoms with E-state index in [0.717, 1.165) is 12.5 Å². The molecule has 1 rings (SSSR count). The predicted octanol–water partition coefficient (Wildman–Crippen LogP) is 2.02. The van der Waals surface area contributed by atoms with E-state index in [2.05, 4.69) is 12.2 Å². The molecule has 1 fully saturated rings. The van der Waals surface area contributed by atoms with Crippen LogP contribution in [0.3, 0.4) is 0 Å². The zero-order valence-electron chi connectivity index (χ0n) is 11.6. The number of carboxylic acid groups (broad SMARTS) is 1. The monoisotopic (exact) mass is 257 g/mol. The van der Waals surface area contributed by atoms with Crippen LogP contribution in [0.1, 0.15) is 52.4 Å². The molecule has 3 N–H and O–H groups in total. The summed E-state index contributed by atoms with van der Waals surface area (Å²) in [7, 11) is 0. The smallest absolute Gasteiger partial charge is 0.336 e. The second-order valence-corrected chi connectivity index (χ2v) is 5.89. The van der Waals surface area contributed by atoms with Crippen molar-refractivity contribution in [2.24, 2.45) is 11.8 Å². The lowest BCUT2D eigenvalue weighted by Crippen LogP contribution is -2.46. The van der Waals surface area contributed by atoms with Crippen LogP contribution in [-0.4, -0.2) is 34.9 Å². The molecule has 0 saturated heterocycles. The molecule has 18 heavy (non-hydrogen) atoms. The highest BCUT2D eigenvalue weighted by Crippen LogP contribution is 2.31. The number of nitrogens with one attached hydrogen (secondary N) is 1. The van der Waals surface area contributed by atoms with Crippen molar-refractivity contribution in [3.05, 3.63) is 0 Å². The number of carboxylic acids is 1. The van der Waals surface area contributed by atoms with E-state index < -0.39 is 11.6 Å². The Kier molecular flexibility index (Phi) is 6.09. The second-order valence-electron chi connectivity index (χ2n) is 5.89. The Labute approximate surface area is 110 Å². The zero-order valence-corrected chi connectivity index (χ0v) is 11.6. The Morgan fingerprint density at radius 2 is 1.83 bits per heavy atom. The highest BCUT2D eigenvalue weighted by molar-refractivity contribution is 5.76.